The smallest absolute Gasteiger partial charge is 0.0167 e. The summed E-state index contributed by atoms with van der Waals surface area (Å²) in [6.45, 7) is 11.1. The molecule has 0 bridgehead atoms. The van der Waals surface area contributed by atoms with Crippen LogP contribution in [-0.4, -0.2) is 61.7 Å². The predicted octanol–water partition coefficient (Wildman–Crippen LogP) is 0.376. The number of piperazine rings is 1. The van der Waals surface area contributed by atoms with Crippen LogP contribution in [0.3, 0.4) is 0 Å². The summed E-state index contributed by atoms with van der Waals surface area (Å²) in [6.07, 6.45) is 2.83. The van der Waals surface area contributed by atoms with E-state index in [1.165, 1.54) is 58.7 Å². The second-order valence-electron chi connectivity index (χ2n) is 4.70. The fourth-order valence-corrected chi connectivity index (χ4v) is 2.50. The van der Waals surface area contributed by atoms with Gasteiger partial charge in [0.25, 0.3) is 0 Å². The maximum absolute atomic E-state index is 3.48. The molecule has 0 aliphatic carbocycles. The fourth-order valence-electron chi connectivity index (χ4n) is 2.50. The van der Waals surface area contributed by atoms with Crippen molar-refractivity contribution < 1.29 is 0 Å². The highest BCUT2D eigenvalue weighted by Crippen LogP contribution is 2.07. The van der Waals surface area contributed by atoms with Gasteiger partial charge in [-0.15, -0.1) is 0 Å². The van der Waals surface area contributed by atoms with Crippen LogP contribution in [0.2, 0.25) is 0 Å². The SMILES string of the molecule is CC1CN(CCN2CCCC2)CCN1. The van der Waals surface area contributed by atoms with Crippen molar-refractivity contribution in [1.29, 1.82) is 0 Å². The molecule has 0 amide bonds. The van der Waals surface area contributed by atoms with E-state index in [1.54, 1.807) is 0 Å². The van der Waals surface area contributed by atoms with Crippen molar-refractivity contribution in [3.63, 3.8) is 0 Å². The van der Waals surface area contributed by atoms with Gasteiger partial charge in [0.2, 0.25) is 0 Å². The third-order valence-electron chi connectivity index (χ3n) is 3.38. The normalized spacial score (nSPS) is 31.1. The molecule has 0 aromatic rings. The van der Waals surface area contributed by atoms with Gasteiger partial charge in [-0.25, -0.2) is 0 Å². The monoisotopic (exact) mass is 197 g/mol. The first-order chi connectivity index (χ1) is 6.84. The Balaban J connectivity index is 1.64. The van der Waals surface area contributed by atoms with Crippen LogP contribution in [0.5, 0.6) is 0 Å². The number of likely N-dealkylation sites (tertiary alicyclic amines) is 1. The Labute approximate surface area is 87.4 Å². The van der Waals surface area contributed by atoms with Gasteiger partial charge in [-0.3, -0.25) is 4.90 Å². The lowest BCUT2D eigenvalue weighted by atomic mass is 10.2. The van der Waals surface area contributed by atoms with E-state index in [9.17, 15) is 0 Å². The molecule has 2 aliphatic heterocycles. The number of nitrogens with one attached hydrogen (secondary N) is 1. The van der Waals surface area contributed by atoms with Crippen LogP contribution in [0, 0.1) is 0 Å². The molecule has 0 saturated carbocycles. The highest BCUT2D eigenvalue weighted by Gasteiger charge is 2.17. The van der Waals surface area contributed by atoms with E-state index >= 15 is 0 Å². The van der Waals surface area contributed by atoms with Crippen molar-refractivity contribution in [2.45, 2.75) is 25.8 Å². The van der Waals surface area contributed by atoms with Crippen LogP contribution in [0.15, 0.2) is 0 Å². The number of nitrogens with zero attached hydrogens (tertiary/aromatic N) is 2. The minimum Gasteiger partial charge on any atom is -0.312 e. The standard InChI is InChI=1S/C11H23N3/c1-11-10-14(7-4-12-11)9-8-13-5-2-3-6-13/h11-12H,2-10H2,1H3. The quantitative estimate of drug-likeness (QED) is 0.705. The summed E-state index contributed by atoms with van der Waals surface area (Å²) >= 11 is 0. The van der Waals surface area contributed by atoms with Gasteiger partial charge in [0.05, 0.1) is 0 Å². The molecule has 1 N–H and O–H groups in total. The average Bonchev–Trinajstić information content (AvgIpc) is 2.67. The molecule has 2 aliphatic rings. The van der Waals surface area contributed by atoms with Crippen LogP contribution in [0.1, 0.15) is 19.8 Å². The molecule has 82 valence electrons. The topological polar surface area (TPSA) is 18.5 Å². The molecule has 1 atom stereocenters. The van der Waals surface area contributed by atoms with Crippen LogP contribution >= 0.6 is 0 Å². The molecule has 0 aromatic heterocycles. The first kappa shape index (κ1) is 10.4. The predicted molar refractivity (Wildman–Crippen MR) is 59.6 cm³/mol. The van der Waals surface area contributed by atoms with Gasteiger partial charge >= 0.3 is 0 Å². The van der Waals surface area contributed by atoms with Gasteiger partial charge in [-0.2, -0.15) is 0 Å². The number of hydrogen-bond acceptors (Lipinski definition) is 3. The molecule has 3 nitrogen and oxygen atoms in total. The second-order valence-corrected chi connectivity index (χ2v) is 4.70. The zero-order valence-corrected chi connectivity index (χ0v) is 9.34. The number of rotatable bonds is 3. The summed E-state index contributed by atoms with van der Waals surface area (Å²) in [7, 11) is 0. The lowest BCUT2D eigenvalue weighted by molar-refractivity contribution is 0.181. The summed E-state index contributed by atoms with van der Waals surface area (Å²) in [6, 6.07) is 0.683. The Hall–Kier alpha value is -0.120. The summed E-state index contributed by atoms with van der Waals surface area (Å²) in [5.41, 5.74) is 0. The van der Waals surface area contributed by atoms with Gasteiger partial charge in [-0.05, 0) is 32.9 Å². The molecule has 2 rings (SSSR count). The van der Waals surface area contributed by atoms with Crippen LogP contribution in [0.25, 0.3) is 0 Å². The first-order valence-corrected chi connectivity index (χ1v) is 6.03. The third kappa shape index (κ3) is 2.94. The summed E-state index contributed by atoms with van der Waals surface area (Å²) < 4.78 is 0. The Morgan fingerprint density at radius 1 is 1.07 bits per heavy atom. The largest absolute Gasteiger partial charge is 0.312 e. The van der Waals surface area contributed by atoms with Gasteiger partial charge in [0, 0.05) is 38.8 Å². The lowest BCUT2D eigenvalue weighted by Crippen LogP contribution is -2.50. The van der Waals surface area contributed by atoms with Crippen molar-refractivity contribution in [3.05, 3.63) is 0 Å². The molecule has 1 unspecified atom stereocenters. The lowest BCUT2D eigenvalue weighted by Gasteiger charge is -2.32. The second kappa shape index (κ2) is 5.10. The van der Waals surface area contributed by atoms with Crippen LogP contribution < -0.4 is 5.32 Å². The van der Waals surface area contributed by atoms with Gasteiger partial charge in [0.1, 0.15) is 0 Å². The minimum atomic E-state index is 0.683. The third-order valence-corrected chi connectivity index (χ3v) is 3.38. The van der Waals surface area contributed by atoms with E-state index in [1.807, 2.05) is 0 Å². The zero-order chi connectivity index (χ0) is 9.80. The van der Waals surface area contributed by atoms with Crippen molar-refractivity contribution in [2.75, 3.05) is 45.8 Å². The van der Waals surface area contributed by atoms with Gasteiger partial charge in [0.15, 0.2) is 0 Å². The van der Waals surface area contributed by atoms with E-state index in [-0.39, 0.29) is 0 Å². The summed E-state index contributed by atoms with van der Waals surface area (Å²) in [5, 5.41) is 3.48. The first-order valence-electron chi connectivity index (χ1n) is 6.03. The minimum absolute atomic E-state index is 0.683. The summed E-state index contributed by atoms with van der Waals surface area (Å²) in [5.74, 6) is 0. The van der Waals surface area contributed by atoms with Gasteiger partial charge in [-0.1, -0.05) is 0 Å². The van der Waals surface area contributed by atoms with Crippen LogP contribution in [0.4, 0.5) is 0 Å². The van der Waals surface area contributed by atoms with Crippen LogP contribution in [-0.2, 0) is 0 Å². The van der Waals surface area contributed by atoms with Crippen molar-refractivity contribution in [3.8, 4) is 0 Å². The molecule has 3 heteroatoms. The van der Waals surface area contributed by atoms with E-state index in [0.717, 1.165) is 0 Å². The highest BCUT2D eigenvalue weighted by molar-refractivity contribution is 4.76. The van der Waals surface area contributed by atoms with Crippen molar-refractivity contribution in [2.24, 2.45) is 0 Å². The molecule has 14 heavy (non-hydrogen) atoms. The summed E-state index contributed by atoms with van der Waals surface area (Å²) in [4.78, 5) is 5.20. The molecular formula is C11H23N3. The molecule has 0 radical (unpaired) electrons. The van der Waals surface area contributed by atoms with E-state index in [2.05, 4.69) is 22.0 Å². The average molecular weight is 197 g/mol. The Bertz CT molecular complexity index is 166. The molecular weight excluding hydrogens is 174 g/mol. The van der Waals surface area contributed by atoms with Gasteiger partial charge < -0.3 is 10.2 Å². The van der Waals surface area contributed by atoms with E-state index in [0.29, 0.717) is 6.04 Å². The molecule has 0 aromatic carbocycles. The van der Waals surface area contributed by atoms with E-state index < -0.39 is 0 Å². The van der Waals surface area contributed by atoms with Crippen molar-refractivity contribution in [1.82, 2.24) is 15.1 Å². The maximum atomic E-state index is 3.48. The maximum Gasteiger partial charge on any atom is 0.0167 e. The molecule has 2 fully saturated rings. The number of hydrogen-bond donors (Lipinski definition) is 1. The Kier molecular flexibility index (Phi) is 3.79. The fraction of sp³-hybridized carbons (Fsp3) is 1.00. The van der Waals surface area contributed by atoms with E-state index in [4.69, 9.17) is 0 Å². The molecule has 2 heterocycles. The van der Waals surface area contributed by atoms with Crippen molar-refractivity contribution >= 4 is 0 Å². The molecule has 0 spiro atoms. The highest BCUT2D eigenvalue weighted by atomic mass is 15.2. The Morgan fingerprint density at radius 3 is 2.50 bits per heavy atom. The molecule has 2 saturated heterocycles. The Morgan fingerprint density at radius 2 is 1.79 bits per heavy atom. The zero-order valence-electron chi connectivity index (χ0n) is 9.34.